The van der Waals surface area contributed by atoms with Gasteiger partial charge in [0.15, 0.2) is 5.96 Å². The number of carbonyl (C=O) groups excluding carboxylic acids is 7. The molecule has 18 heteroatoms. The van der Waals surface area contributed by atoms with E-state index >= 15 is 0 Å². The maximum atomic E-state index is 14.8. The highest BCUT2D eigenvalue weighted by atomic mass is 16.2. The normalized spacial score (nSPS) is 21.3. The average molecular weight is 920 g/mol. The summed E-state index contributed by atoms with van der Waals surface area (Å²) in [5.41, 5.74) is 14.2. The number of aromatic amines is 1. The van der Waals surface area contributed by atoms with E-state index in [9.17, 15) is 33.6 Å². The lowest BCUT2D eigenvalue weighted by molar-refractivity contribution is -0.148. The molecule has 0 bridgehead atoms. The number of carbonyl (C=O) groups is 7. The number of rotatable bonds is 13. The minimum Gasteiger partial charge on any atom is -0.370 e. The second-order valence-electron chi connectivity index (χ2n) is 16.9. The number of likely N-dealkylation sites (N-methyl/N-ethyl adjacent to an activating group) is 1. The third kappa shape index (κ3) is 13.9. The van der Waals surface area contributed by atoms with Gasteiger partial charge in [-0.3, -0.25) is 38.6 Å². The van der Waals surface area contributed by atoms with Crippen LogP contribution in [0.15, 0.2) is 96.1 Å². The van der Waals surface area contributed by atoms with Crippen molar-refractivity contribution in [1.82, 2.24) is 41.4 Å². The fourth-order valence-corrected chi connectivity index (χ4v) is 8.64. The first-order chi connectivity index (χ1) is 31.8. The van der Waals surface area contributed by atoms with Crippen molar-refractivity contribution >= 4 is 58.2 Å². The molecule has 2 saturated heterocycles. The maximum Gasteiger partial charge on any atom is 0.245 e. The Morgan fingerprint density at radius 3 is 2.18 bits per heavy atom. The van der Waals surface area contributed by atoms with E-state index in [4.69, 9.17) is 11.5 Å². The molecule has 358 valence electrons. The van der Waals surface area contributed by atoms with Crippen molar-refractivity contribution in [2.45, 2.75) is 108 Å². The van der Waals surface area contributed by atoms with Crippen molar-refractivity contribution in [1.29, 1.82) is 0 Å². The number of nitrogens with zero attached hydrogens (tertiary/aromatic N) is 3. The number of para-hydroxylation sites is 1. The van der Waals surface area contributed by atoms with Crippen LogP contribution < -0.4 is 38.1 Å². The maximum absolute atomic E-state index is 14.8. The van der Waals surface area contributed by atoms with Crippen LogP contribution in [-0.4, -0.2) is 125 Å². The van der Waals surface area contributed by atoms with E-state index in [1.807, 2.05) is 84.9 Å². The van der Waals surface area contributed by atoms with Crippen LogP contribution in [0.5, 0.6) is 0 Å². The number of guanidine groups is 1. The fourth-order valence-electron chi connectivity index (χ4n) is 8.64. The first-order valence-electron chi connectivity index (χ1n) is 22.5. The van der Waals surface area contributed by atoms with Crippen molar-refractivity contribution in [3.63, 3.8) is 0 Å². The van der Waals surface area contributed by atoms with Gasteiger partial charge in [0.2, 0.25) is 41.4 Å². The summed E-state index contributed by atoms with van der Waals surface area (Å²) in [6, 6.07) is 19.3. The molecule has 4 aromatic rings. The number of aliphatic imine (C=N–C) groups is 1. The zero-order valence-corrected chi connectivity index (χ0v) is 37.5. The van der Waals surface area contributed by atoms with Gasteiger partial charge in [0, 0.05) is 70.0 Å². The number of amides is 7. The lowest BCUT2D eigenvalue weighted by atomic mass is 10.00. The van der Waals surface area contributed by atoms with E-state index in [-0.39, 0.29) is 71.5 Å². The standard InChI is InChI=1S/C48H61N11O7.CH4/c1-30(60)54-38(26-31-14-5-3-6-15-31)43(62)56-37-21-12-23-51-42(61)36(20-11-24-52-48(49)50)55-44(63)39(28-33-29-53-35-19-10-9-18-34(33)35)57-45(64)41(27-32-16-7-4-8-17-32)58(2)47(66)40-22-13-25-59(40)46(37)65;/h3-10,14-19,29,36-41,53H,11-13,20-28H2,1-2H3,(H,51,61)(H,54,60)(H,55,63)(H,56,62)(H,57,64)(H4,49,50,52);1H4/t36-,37?,38-,39-,40-,41+;/m0./s1. The molecule has 1 unspecified atom stereocenters. The Hall–Kier alpha value is -7.24. The highest BCUT2D eigenvalue weighted by molar-refractivity contribution is 5.98. The van der Waals surface area contributed by atoms with E-state index in [1.54, 1.807) is 6.20 Å². The van der Waals surface area contributed by atoms with Gasteiger partial charge < -0.3 is 52.8 Å². The number of aromatic nitrogens is 1. The Kier molecular flexibility index (Phi) is 18.4. The number of fused-ring (bicyclic) bond motifs is 2. The smallest absolute Gasteiger partial charge is 0.245 e. The molecule has 7 amide bonds. The molecule has 0 radical (unpaired) electrons. The molecule has 2 aliphatic rings. The molecule has 1 aromatic heterocycles. The Bertz CT molecular complexity index is 2370. The van der Waals surface area contributed by atoms with Crippen LogP contribution in [-0.2, 0) is 52.8 Å². The van der Waals surface area contributed by atoms with Gasteiger partial charge >= 0.3 is 0 Å². The van der Waals surface area contributed by atoms with Gasteiger partial charge in [-0.15, -0.1) is 0 Å². The molecule has 6 rings (SSSR count). The predicted octanol–water partition coefficient (Wildman–Crippen LogP) is 1.57. The molecule has 67 heavy (non-hydrogen) atoms. The minimum atomic E-state index is -1.19. The number of H-pyrrole nitrogens is 1. The van der Waals surface area contributed by atoms with Gasteiger partial charge in [0.1, 0.15) is 36.3 Å². The quantitative estimate of drug-likeness (QED) is 0.0549. The second-order valence-corrected chi connectivity index (χ2v) is 16.9. The Balaban J connectivity index is 0.00000840. The van der Waals surface area contributed by atoms with Crippen LogP contribution in [0.1, 0.15) is 69.6 Å². The van der Waals surface area contributed by atoms with Crippen molar-refractivity contribution in [3.05, 3.63) is 108 Å². The van der Waals surface area contributed by atoms with Crippen LogP contribution in [0.4, 0.5) is 0 Å². The number of benzene rings is 3. The summed E-state index contributed by atoms with van der Waals surface area (Å²) in [4.78, 5) is 109. The molecule has 0 aliphatic carbocycles. The summed E-state index contributed by atoms with van der Waals surface area (Å²) in [7, 11) is 1.52. The van der Waals surface area contributed by atoms with Crippen LogP contribution in [0.3, 0.4) is 0 Å². The summed E-state index contributed by atoms with van der Waals surface area (Å²) in [5, 5.41) is 15.1. The van der Waals surface area contributed by atoms with Gasteiger partial charge in [0.05, 0.1) is 0 Å². The lowest BCUT2D eigenvalue weighted by Gasteiger charge is -2.35. The molecule has 0 saturated carbocycles. The highest BCUT2D eigenvalue weighted by Crippen LogP contribution is 2.24. The van der Waals surface area contributed by atoms with Crippen molar-refractivity contribution in [3.8, 4) is 0 Å². The summed E-state index contributed by atoms with van der Waals surface area (Å²) in [6.07, 6.45) is 3.58. The Morgan fingerprint density at radius 2 is 1.48 bits per heavy atom. The summed E-state index contributed by atoms with van der Waals surface area (Å²) in [5.74, 6) is -3.89. The molecular weight excluding hydrogens is 855 g/mol. The fraction of sp³-hybridized carbons (Fsp3) is 0.429. The number of nitrogens with one attached hydrogen (secondary N) is 6. The van der Waals surface area contributed by atoms with Crippen LogP contribution >= 0.6 is 0 Å². The second kappa shape index (κ2) is 24.3. The van der Waals surface area contributed by atoms with E-state index in [0.29, 0.717) is 19.3 Å². The average Bonchev–Trinajstić information content (AvgIpc) is 3.97. The first kappa shape index (κ1) is 50.8. The molecule has 18 nitrogen and oxygen atoms in total. The van der Waals surface area contributed by atoms with Gasteiger partial charge in [0.25, 0.3) is 0 Å². The Morgan fingerprint density at radius 1 is 0.806 bits per heavy atom. The number of hydrogen-bond donors (Lipinski definition) is 8. The van der Waals surface area contributed by atoms with Gasteiger partial charge in [-0.2, -0.15) is 0 Å². The van der Waals surface area contributed by atoms with E-state index in [2.05, 4.69) is 36.6 Å². The lowest BCUT2D eigenvalue weighted by Crippen LogP contribution is -2.60. The third-order valence-electron chi connectivity index (χ3n) is 12.1. The number of nitrogens with two attached hydrogens (primary N) is 2. The molecule has 3 aromatic carbocycles. The van der Waals surface area contributed by atoms with Crippen molar-refractivity contribution in [2.24, 2.45) is 16.5 Å². The first-order valence-corrected chi connectivity index (χ1v) is 22.5. The van der Waals surface area contributed by atoms with Gasteiger partial charge in [-0.1, -0.05) is 86.3 Å². The SMILES string of the molecule is C.CC(=O)N[C@@H](Cc1ccccc1)C(=O)NC1CCCNC(=O)[C@H](CCCN=C(N)N)NC(=O)[C@H](Cc2c[nH]c3ccccc23)NC(=O)[C@@H](Cc2ccccc2)N(C)C(=O)[C@@H]2CCCN2C1=O. The minimum absolute atomic E-state index is 0. The molecule has 6 atom stereocenters. The van der Waals surface area contributed by atoms with E-state index < -0.39 is 77.6 Å². The molecule has 2 fully saturated rings. The van der Waals surface area contributed by atoms with E-state index in [1.165, 1.54) is 23.8 Å². The molecule has 0 spiro atoms. The van der Waals surface area contributed by atoms with Crippen molar-refractivity contribution in [2.75, 3.05) is 26.7 Å². The van der Waals surface area contributed by atoms with Crippen LogP contribution in [0.2, 0.25) is 0 Å². The topological polar surface area (TPSA) is 266 Å². The van der Waals surface area contributed by atoms with Gasteiger partial charge in [-0.05, 0) is 61.3 Å². The molecule has 10 N–H and O–H groups in total. The van der Waals surface area contributed by atoms with Crippen LogP contribution in [0, 0.1) is 0 Å². The molecular formula is C49H65N11O7. The number of hydrogen-bond acceptors (Lipinski definition) is 8. The zero-order chi connectivity index (χ0) is 47.2. The van der Waals surface area contributed by atoms with E-state index in [0.717, 1.165) is 27.6 Å². The Labute approximate surface area is 391 Å². The van der Waals surface area contributed by atoms with Gasteiger partial charge in [-0.25, -0.2) is 0 Å². The predicted molar refractivity (Wildman–Crippen MR) is 256 cm³/mol. The monoisotopic (exact) mass is 920 g/mol. The molecule has 3 heterocycles. The third-order valence-corrected chi connectivity index (χ3v) is 12.1. The summed E-state index contributed by atoms with van der Waals surface area (Å²) >= 11 is 0. The zero-order valence-electron chi connectivity index (χ0n) is 37.5. The summed E-state index contributed by atoms with van der Waals surface area (Å²) in [6.45, 7) is 1.76. The highest BCUT2D eigenvalue weighted by Gasteiger charge is 2.42. The summed E-state index contributed by atoms with van der Waals surface area (Å²) < 4.78 is 0. The van der Waals surface area contributed by atoms with Crippen LogP contribution in [0.25, 0.3) is 10.9 Å². The van der Waals surface area contributed by atoms with Crippen molar-refractivity contribution < 1.29 is 33.6 Å². The molecule has 2 aliphatic heterocycles. The largest absolute Gasteiger partial charge is 0.370 e.